The molecule has 0 saturated carbocycles. The van der Waals surface area contributed by atoms with Gasteiger partial charge in [-0.05, 0) is 55.0 Å². The van der Waals surface area contributed by atoms with E-state index in [1.54, 1.807) is 66.2 Å². The van der Waals surface area contributed by atoms with E-state index in [4.69, 9.17) is 0 Å². The molecule has 0 aliphatic heterocycles. The molecule has 1 aromatic heterocycles. The number of nitrogens with zero attached hydrogens (tertiary/aromatic N) is 1. The Morgan fingerprint density at radius 2 is 1.78 bits per heavy atom. The number of aryl methyl sites for hydroxylation is 1. The average molecular weight is 467 g/mol. The third-order valence-electron chi connectivity index (χ3n) is 5.27. The van der Waals surface area contributed by atoms with Gasteiger partial charge in [0.2, 0.25) is 0 Å². The van der Waals surface area contributed by atoms with Crippen LogP contribution in [0.1, 0.15) is 27.9 Å². The third-order valence-corrected chi connectivity index (χ3v) is 7.63. The number of aliphatic carboxylic acids is 1. The summed E-state index contributed by atoms with van der Waals surface area (Å²) in [6, 6.07) is 19.9. The zero-order chi connectivity index (χ0) is 23.0. The molecule has 3 aromatic rings. The first-order chi connectivity index (χ1) is 15.5. The normalized spacial score (nSPS) is 13.7. The average Bonchev–Trinajstić information content (AvgIpc) is 2.82. The second kappa shape index (κ2) is 11.2. The van der Waals surface area contributed by atoms with Crippen LogP contribution in [0.3, 0.4) is 0 Å². The van der Waals surface area contributed by atoms with Gasteiger partial charge in [-0.25, -0.2) is 4.79 Å². The Balaban J connectivity index is 1.95. The number of pyridine rings is 1. The van der Waals surface area contributed by atoms with Crippen molar-refractivity contribution in [3.63, 3.8) is 0 Å². The molecule has 0 fully saturated rings. The van der Waals surface area contributed by atoms with Crippen LogP contribution in [0.5, 0.6) is 0 Å². The van der Waals surface area contributed by atoms with E-state index >= 15 is 0 Å². The minimum Gasteiger partial charge on any atom is -0.479 e. The Morgan fingerprint density at radius 3 is 2.41 bits per heavy atom. The van der Waals surface area contributed by atoms with E-state index in [1.807, 2.05) is 49.6 Å². The van der Waals surface area contributed by atoms with Crippen LogP contribution in [0.25, 0.3) is 0 Å². The van der Waals surface area contributed by atoms with E-state index in [0.717, 1.165) is 10.5 Å². The van der Waals surface area contributed by atoms with Crippen LogP contribution in [0.2, 0.25) is 0 Å². The lowest BCUT2D eigenvalue weighted by Gasteiger charge is -2.35. The van der Waals surface area contributed by atoms with Crippen molar-refractivity contribution in [2.45, 2.75) is 29.0 Å². The van der Waals surface area contributed by atoms with Crippen LogP contribution in [0.15, 0.2) is 84.0 Å². The maximum Gasteiger partial charge on any atom is 0.334 e. The summed E-state index contributed by atoms with van der Waals surface area (Å²) in [5.41, 5.74) is 0.295. The smallest absolute Gasteiger partial charge is 0.334 e. The van der Waals surface area contributed by atoms with Crippen molar-refractivity contribution in [1.29, 1.82) is 0 Å². The molecule has 0 bridgehead atoms. The van der Waals surface area contributed by atoms with Gasteiger partial charge in [-0.2, -0.15) is 11.8 Å². The van der Waals surface area contributed by atoms with Crippen molar-refractivity contribution >= 4 is 35.4 Å². The van der Waals surface area contributed by atoms with Gasteiger partial charge < -0.3 is 10.4 Å². The van der Waals surface area contributed by atoms with Crippen molar-refractivity contribution in [3.05, 3.63) is 95.8 Å². The molecule has 2 atom stereocenters. The fraction of sp³-hybridized carbons (Fsp3) is 0.240. The Bertz CT molecular complexity index is 1050. The number of rotatable bonds is 10. The summed E-state index contributed by atoms with van der Waals surface area (Å²) in [6.07, 6.45) is 5.74. The van der Waals surface area contributed by atoms with Crippen molar-refractivity contribution in [2.24, 2.45) is 0 Å². The highest BCUT2D eigenvalue weighted by molar-refractivity contribution is 8.03. The minimum atomic E-state index is -1.55. The van der Waals surface area contributed by atoms with E-state index in [0.29, 0.717) is 16.9 Å². The largest absolute Gasteiger partial charge is 0.479 e. The summed E-state index contributed by atoms with van der Waals surface area (Å²) in [7, 11) is 0. The highest BCUT2D eigenvalue weighted by atomic mass is 32.2. The maximum absolute atomic E-state index is 13.1. The number of hydrogen-bond donors (Lipinski definition) is 2. The monoisotopic (exact) mass is 466 g/mol. The van der Waals surface area contributed by atoms with Crippen molar-refractivity contribution in [2.75, 3.05) is 12.0 Å². The van der Waals surface area contributed by atoms with E-state index in [-0.39, 0.29) is 11.7 Å². The lowest BCUT2D eigenvalue weighted by Crippen LogP contribution is -2.54. The van der Waals surface area contributed by atoms with Crippen LogP contribution in [0.4, 0.5) is 0 Å². The first kappa shape index (κ1) is 23.9. The molecule has 0 saturated heterocycles. The second-order valence-electron chi connectivity index (χ2n) is 7.41. The van der Waals surface area contributed by atoms with Crippen LogP contribution >= 0.6 is 23.5 Å². The maximum atomic E-state index is 13.1. The number of carboxylic acids is 1. The highest BCUT2D eigenvalue weighted by Gasteiger charge is 2.44. The number of aromatic nitrogens is 1. The lowest BCUT2D eigenvalue weighted by molar-refractivity contribution is -0.145. The zero-order valence-electron chi connectivity index (χ0n) is 18.0. The summed E-state index contributed by atoms with van der Waals surface area (Å²) >= 11 is 3.23. The van der Waals surface area contributed by atoms with Gasteiger partial charge in [0.15, 0.2) is 5.54 Å². The predicted molar refractivity (Wildman–Crippen MR) is 131 cm³/mol. The summed E-state index contributed by atoms with van der Waals surface area (Å²) < 4.78 is 0. The lowest BCUT2D eigenvalue weighted by atomic mass is 9.82. The Morgan fingerprint density at radius 1 is 1.06 bits per heavy atom. The molecule has 2 aromatic carbocycles. The number of nitrogens with one attached hydrogen (secondary N) is 1. The molecule has 0 spiro atoms. The van der Waals surface area contributed by atoms with Gasteiger partial charge in [0.05, 0.1) is 0 Å². The van der Waals surface area contributed by atoms with Gasteiger partial charge in [0.25, 0.3) is 5.91 Å². The molecule has 1 amide bonds. The molecule has 0 aliphatic carbocycles. The quantitative estimate of drug-likeness (QED) is 0.409. The highest BCUT2D eigenvalue weighted by Crippen LogP contribution is 2.35. The molecule has 0 radical (unpaired) electrons. The minimum absolute atomic E-state index is 0.0213. The number of carbonyl (C=O) groups excluding carboxylic acids is 1. The molecular weight excluding hydrogens is 440 g/mol. The summed E-state index contributed by atoms with van der Waals surface area (Å²) in [5, 5.41) is 13.4. The molecule has 0 aliphatic rings. The first-order valence-electron chi connectivity index (χ1n) is 10.2. The van der Waals surface area contributed by atoms with E-state index in [1.165, 1.54) is 0 Å². The number of benzene rings is 2. The van der Waals surface area contributed by atoms with Gasteiger partial charge in [-0.3, -0.25) is 9.78 Å². The van der Waals surface area contributed by atoms with Crippen molar-refractivity contribution < 1.29 is 14.7 Å². The van der Waals surface area contributed by atoms with Crippen LogP contribution < -0.4 is 5.32 Å². The van der Waals surface area contributed by atoms with Crippen LogP contribution in [-0.2, 0) is 10.3 Å². The summed E-state index contributed by atoms with van der Waals surface area (Å²) in [6.45, 7) is 1.88. The summed E-state index contributed by atoms with van der Waals surface area (Å²) in [5.74, 6) is -0.785. The topological polar surface area (TPSA) is 79.3 Å². The molecule has 1 heterocycles. The number of hydrogen-bond acceptors (Lipinski definition) is 5. The third kappa shape index (κ3) is 5.72. The van der Waals surface area contributed by atoms with E-state index in [2.05, 4.69) is 10.3 Å². The van der Waals surface area contributed by atoms with Crippen LogP contribution in [-0.4, -0.2) is 39.2 Å². The Kier molecular flexibility index (Phi) is 8.36. The number of carbonyl (C=O) groups is 2. The molecule has 166 valence electrons. The van der Waals surface area contributed by atoms with Gasteiger partial charge in [-0.15, -0.1) is 11.8 Å². The number of amides is 1. The standard InChI is InChI=1S/C25H26N2O3S2/c1-18-9-6-7-13-22(18)25(24(29)30,27-23(28)19-10-4-3-5-11-19)15-21(31-2)17-32-20-12-8-14-26-16-20/h3-14,16,21H,15,17H2,1-2H3,(H,27,28)(H,29,30). The van der Waals surface area contributed by atoms with E-state index < -0.39 is 17.4 Å². The molecule has 2 N–H and O–H groups in total. The van der Waals surface area contributed by atoms with Gasteiger partial charge in [0.1, 0.15) is 0 Å². The van der Waals surface area contributed by atoms with E-state index in [9.17, 15) is 14.7 Å². The fourth-order valence-electron chi connectivity index (χ4n) is 3.57. The number of thioether (sulfide) groups is 2. The molecule has 5 nitrogen and oxygen atoms in total. The molecule has 2 unspecified atom stereocenters. The van der Waals surface area contributed by atoms with Gasteiger partial charge in [0, 0.05) is 33.9 Å². The first-order valence-corrected chi connectivity index (χ1v) is 12.5. The van der Waals surface area contributed by atoms with Gasteiger partial charge >= 0.3 is 5.97 Å². The van der Waals surface area contributed by atoms with Gasteiger partial charge in [-0.1, -0.05) is 42.5 Å². The Hall–Kier alpha value is -2.77. The molecule has 32 heavy (non-hydrogen) atoms. The molecule has 7 heteroatoms. The second-order valence-corrected chi connectivity index (χ2v) is 9.64. The molecule has 3 rings (SSSR count). The molecular formula is C25H26N2O3S2. The zero-order valence-corrected chi connectivity index (χ0v) is 19.7. The van der Waals surface area contributed by atoms with Crippen molar-refractivity contribution in [3.8, 4) is 0 Å². The SMILES string of the molecule is CSC(CSc1cccnc1)CC(NC(=O)c1ccccc1)(C(=O)O)c1ccccc1C. The fourth-order valence-corrected chi connectivity index (χ4v) is 5.54. The predicted octanol–water partition coefficient (Wildman–Crippen LogP) is 5.01. The summed E-state index contributed by atoms with van der Waals surface area (Å²) in [4.78, 5) is 31.1. The van der Waals surface area contributed by atoms with Crippen molar-refractivity contribution in [1.82, 2.24) is 10.3 Å². The Labute approximate surface area is 197 Å². The van der Waals surface area contributed by atoms with Crippen LogP contribution in [0, 0.1) is 6.92 Å². The number of carboxylic acid groups (broad SMARTS) is 1.